The fourth-order valence-corrected chi connectivity index (χ4v) is 5.17. The van der Waals surface area contributed by atoms with E-state index in [4.69, 9.17) is 0 Å². The van der Waals surface area contributed by atoms with E-state index in [1.54, 1.807) is 12.1 Å². The summed E-state index contributed by atoms with van der Waals surface area (Å²) in [6.07, 6.45) is 1.09. The van der Waals surface area contributed by atoms with Crippen LogP contribution in [-0.4, -0.2) is 42.9 Å². The number of imide groups is 1. The number of nitrogens with zero attached hydrogens (tertiary/aromatic N) is 3. The van der Waals surface area contributed by atoms with Crippen LogP contribution in [0.25, 0.3) is 5.57 Å². The van der Waals surface area contributed by atoms with Crippen molar-refractivity contribution < 1.29 is 14.0 Å². The number of piperidine rings is 1. The number of hydrogen-bond acceptors (Lipinski definition) is 4. The van der Waals surface area contributed by atoms with Crippen molar-refractivity contribution in [3.05, 3.63) is 65.6 Å². The van der Waals surface area contributed by atoms with E-state index in [1.807, 2.05) is 24.3 Å². The summed E-state index contributed by atoms with van der Waals surface area (Å²) in [4.78, 5) is 32.9. The quantitative estimate of drug-likeness (QED) is 0.587. The first kappa shape index (κ1) is 23.0. The zero-order valence-electron chi connectivity index (χ0n) is 19.8. The molecule has 5 nitrogen and oxygen atoms in total. The normalized spacial score (nSPS) is 21.2. The van der Waals surface area contributed by atoms with Gasteiger partial charge in [0, 0.05) is 31.9 Å². The van der Waals surface area contributed by atoms with Crippen LogP contribution in [0.2, 0.25) is 0 Å². The molecule has 6 heteroatoms. The molecule has 2 aliphatic heterocycles. The van der Waals surface area contributed by atoms with Crippen LogP contribution >= 0.6 is 0 Å². The highest BCUT2D eigenvalue weighted by molar-refractivity contribution is 6.45. The maximum Gasteiger partial charge on any atom is 0.282 e. The number of carbonyl (C=O) groups is 2. The van der Waals surface area contributed by atoms with E-state index in [0.29, 0.717) is 34.4 Å². The van der Waals surface area contributed by atoms with Crippen LogP contribution in [0.3, 0.4) is 0 Å². The van der Waals surface area contributed by atoms with E-state index in [2.05, 4.69) is 37.5 Å². The lowest BCUT2D eigenvalue weighted by Gasteiger charge is -2.37. The summed E-state index contributed by atoms with van der Waals surface area (Å²) in [5, 5.41) is 0. The number of anilines is 2. The Kier molecular flexibility index (Phi) is 6.54. The molecule has 0 N–H and O–H groups in total. The molecule has 2 aromatic rings. The Hall–Kier alpha value is -3.15. The first-order valence-electron chi connectivity index (χ1n) is 11.8. The molecular formula is C27H32FN3O2. The number of benzene rings is 2. The molecule has 0 aliphatic carbocycles. The third-order valence-electron chi connectivity index (χ3n) is 6.61. The average molecular weight is 450 g/mol. The van der Waals surface area contributed by atoms with Gasteiger partial charge >= 0.3 is 0 Å². The molecule has 4 rings (SSSR count). The molecule has 2 amide bonds. The molecule has 33 heavy (non-hydrogen) atoms. The Morgan fingerprint density at radius 1 is 0.879 bits per heavy atom. The number of likely N-dealkylation sites (tertiary alicyclic amines) is 1. The smallest absolute Gasteiger partial charge is 0.282 e. The lowest BCUT2D eigenvalue weighted by atomic mass is 9.91. The monoisotopic (exact) mass is 449 g/mol. The van der Waals surface area contributed by atoms with Crippen molar-refractivity contribution in [2.45, 2.75) is 34.1 Å². The lowest BCUT2D eigenvalue weighted by Crippen LogP contribution is -2.42. The molecule has 0 bridgehead atoms. The highest BCUT2D eigenvalue weighted by atomic mass is 19.1. The second kappa shape index (κ2) is 9.38. The van der Waals surface area contributed by atoms with Crippen molar-refractivity contribution in [2.75, 3.05) is 36.0 Å². The Labute approximate surface area is 195 Å². The van der Waals surface area contributed by atoms with Gasteiger partial charge in [0.2, 0.25) is 0 Å². The van der Waals surface area contributed by atoms with Gasteiger partial charge in [0.25, 0.3) is 11.8 Å². The molecule has 0 saturated carbocycles. The highest BCUT2D eigenvalue weighted by Crippen LogP contribution is 2.37. The second-order valence-electron chi connectivity index (χ2n) is 9.22. The van der Waals surface area contributed by atoms with Gasteiger partial charge in [-0.05, 0) is 74.1 Å². The Balaban J connectivity index is 1.75. The SMILES string of the molecule is CCN(CC)c1ccc(N2C(=O)C(c3ccc(F)cc3)=C(N3CC(C)CC(C)C3)C2=O)cc1. The number of hydrogen-bond donors (Lipinski definition) is 0. The molecule has 1 fully saturated rings. The number of halogens is 1. The summed E-state index contributed by atoms with van der Waals surface area (Å²) in [6.45, 7) is 11.7. The first-order valence-corrected chi connectivity index (χ1v) is 11.8. The van der Waals surface area contributed by atoms with Crippen molar-refractivity contribution in [3.63, 3.8) is 0 Å². The van der Waals surface area contributed by atoms with Gasteiger partial charge in [0.05, 0.1) is 11.3 Å². The summed E-state index contributed by atoms with van der Waals surface area (Å²) in [6, 6.07) is 13.4. The fraction of sp³-hybridized carbons (Fsp3) is 0.407. The summed E-state index contributed by atoms with van der Waals surface area (Å²) in [5.41, 5.74) is 2.95. The number of carbonyl (C=O) groups excluding carboxylic acids is 2. The summed E-state index contributed by atoms with van der Waals surface area (Å²) in [7, 11) is 0. The van der Waals surface area contributed by atoms with E-state index in [1.165, 1.54) is 17.0 Å². The van der Waals surface area contributed by atoms with E-state index >= 15 is 0 Å². The number of rotatable bonds is 6. The molecule has 0 radical (unpaired) electrons. The topological polar surface area (TPSA) is 43.9 Å². The van der Waals surface area contributed by atoms with E-state index in [0.717, 1.165) is 38.3 Å². The molecule has 174 valence electrons. The molecule has 2 atom stereocenters. The minimum atomic E-state index is -0.373. The van der Waals surface area contributed by atoms with E-state index < -0.39 is 0 Å². The van der Waals surface area contributed by atoms with Gasteiger partial charge in [0.1, 0.15) is 11.5 Å². The Morgan fingerprint density at radius 3 is 2.00 bits per heavy atom. The van der Waals surface area contributed by atoms with E-state index in [-0.39, 0.29) is 17.6 Å². The van der Waals surface area contributed by atoms with Crippen LogP contribution < -0.4 is 9.80 Å². The van der Waals surface area contributed by atoms with Crippen LogP contribution in [0.15, 0.2) is 54.2 Å². The van der Waals surface area contributed by atoms with Gasteiger partial charge < -0.3 is 9.80 Å². The Morgan fingerprint density at radius 2 is 1.45 bits per heavy atom. The standard InChI is InChI=1S/C27H32FN3O2/c1-5-29(6-2)22-11-13-23(14-12-22)31-26(32)24(20-7-9-21(28)10-8-20)25(27(31)33)30-16-18(3)15-19(4)17-30/h7-14,18-19H,5-6,15-17H2,1-4H3. The highest BCUT2D eigenvalue weighted by Gasteiger charge is 2.43. The zero-order chi connectivity index (χ0) is 23.7. The van der Waals surface area contributed by atoms with Crippen LogP contribution in [-0.2, 0) is 9.59 Å². The lowest BCUT2D eigenvalue weighted by molar-refractivity contribution is -0.120. The fourth-order valence-electron chi connectivity index (χ4n) is 5.17. The van der Waals surface area contributed by atoms with Crippen LogP contribution in [0.4, 0.5) is 15.8 Å². The van der Waals surface area contributed by atoms with Crippen LogP contribution in [0, 0.1) is 17.7 Å². The first-order chi connectivity index (χ1) is 15.8. The minimum absolute atomic E-state index is 0.309. The third-order valence-corrected chi connectivity index (χ3v) is 6.61. The summed E-state index contributed by atoms with van der Waals surface area (Å²) >= 11 is 0. The predicted octanol–water partition coefficient (Wildman–Crippen LogP) is 4.93. The molecule has 2 unspecified atom stereocenters. The molecule has 2 aliphatic rings. The van der Waals surface area contributed by atoms with Gasteiger partial charge in [-0.25, -0.2) is 9.29 Å². The van der Waals surface area contributed by atoms with Crippen molar-refractivity contribution in [1.82, 2.24) is 4.90 Å². The maximum atomic E-state index is 13.7. The molecular weight excluding hydrogens is 417 g/mol. The third kappa shape index (κ3) is 4.39. The van der Waals surface area contributed by atoms with Gasteiger partial charge in [-0.15, -0.1) is 0 Å². The summed E-state index contributed by atoms with van der Waals surface area (Å²) in [5.74, 6) is -0.205. The second-order valence-corrected chi connectivity index (χ2v) is 9.22. The minimum Gasteiger partial charge on any atom is -0.372 e. The largest absolute Gasteiger partial charge is 0.372 e. The molecule has 1 saturated heterocycles. The maximum absolute atomic E-state index is 13.7. The van der Waals surface area contributed by atoms with Crippen molar-refractivity contribution in [3.8, 4) is 0 Å². The van der Waals surface area contributed by atoms with Gasteiger partial charge in [-0.2, -0.15) is 0 Å². The zero-order valence-corrected chi connectivity index (χ0v) is 19.8. The molecule has 0 spiro atoms. The predicted molar refractivity (Wildman–Crippen MR) is 130 cm³/mol. The molecule has 2 heterocycles. The van der Waals surface area contributed by atoms with Crippen LogP contribution in [0.5, 0.6) is 0 Å². The van der Waals surface area contributed by atoms with Gasteiger partial charge in [-0.3, -0.25) is 9.59 Å². The molecule has 0 aromatic heterocycles. The Bertz CT molecular complexity index is 1050. The van der Waals surface area contributed by atoms with Crippen molar-refractivity contribution in [2.24, 2.45) is 11.8 Å². The van der Waals surface area contributed by atoms with Gasteiger partial charge in [0.15, 0.2) is 0 Å². The average Bonchev–Trinajstić information content (AvgIpc) is 3.05. The van der Waals surface area contributed by atoms with Crippen LogP contribution in [0.1, 0.15) is 39.7 Å². The van der Waals surface area contributed by atoms with Crippen molar-refractivity contribution in [1.29, 1.82) is 0 Å². The van der Waals surface area contributed by atoms with E-state index in [9.17, 15) is 14.0 Å². The van der Waals surface area contributed by atoms with Gasteiger partial charge in [-0.1, -0.05) is 26.0 Å². The summed E-state index contributed by atoms with van der Waals surface area (Å²) < 4.78 is 13.6. The van der Waals surface area contributed by atoms with Crippen molar-refractivity contribution >= 4 is 28.8 Å². The molecule has 2 aromatic carbocycles. The number of amides is 2.